The van der Waals surface area contributed by atoms with Gasteiger partial charge >= 0.3 is 12.0 Å². The Labute approximate surface area is 128 Å². The number of anilines is 1. The van der Waals surface area contributed by atoms with E-state index in [4.69, 9.17) is 28.3 Å². The van der Waals surface area contributed by atoms with Gasteiger partial charge in [-0.15, -0.1) is 0 Å². The zero-order chi connectivity index (χ0) is 15.8. The summed E-state index contributed by atoms with van der Waals surface area (Å²) >= 11 is 11.5. The van der Waals surface area contributed by atoms with Crippen LogP contribution in [0.25, 0.3) is 0 Å². The molecule has 0 saturated heterocycles. The van der Waals surface area contributed by atoms with Crippen LogP contribution in [-0.4, -0.2) is 29.6 Å². The van der Waals surface area contributed by atoms with Crippen molar-refractivity contribution in [2.75, 3.05) is 4.72 Å². The molecule has 0 spiro atoms. The summed E-state index contributed by atoms with van der Waals surface area (Å²) < 4.78 is 30.9. The number of hydrogen-bond donors (Lipinski definition) is 2. The van der Waals surface area contributed by atoms with Gasteiger partial charge in [-0.3, -0.25) is 0 Å². The quantitative estimate of drug-likeness (QED) is 0.865. The smallest absolute Gasteiger partial charge is 0.338 e. The highest BCUT2D eigenvalue weighted by molar-refractivity contribution is 7.92. The normalized spacial score (nSPS) is 11.4. The zero-order valence-corrected chi connectivity index (χ0v) is 12.6. The zero-order valence-electron chi connectivity index (χ0n) is 10.3. The molecule has 0 atom stereocenters. The monoisotopic (exact) mass is 351 g/mol. The lowest BCUT2D eigenvalue weighted by Gasteiger charge is -2.09. The molecule has 11 heteroatoms. The molecular formula is C10H7Cl2N3O5S. The Bertz CT molecular complexity index is 818. The number of aromatic nitrogens is 2. The van der Waals surface area contributed by atoms with Crippen molar-refractivity contribution in [1.82, 2.24) is 10.1 Å². The topological polar surface area (TPSA) is 122 Å². The number of nitrogens with zero attached hydrogens (tertiary/aromatic N) is 2. The van der Waals surface area contributed by atoms with Crippen LogP contribution < -0.4 is 4.72 Å². The first-order valence-corrected chi connectivity index (χ1v) is 7.50. The lowest BCUT2D eigenvalue weighted by atomic mass is 10.2. The minimum atomic E-state index is -4.20. The first-order valence-electron chi connectivity index (χ1n) is 5.27. The highest BCUT2D eigenvalue weighted by Gasteiger charge is 2.26. The van der Waals surface area contributed by atoms with Crippen LogP contribution in [0, 0.1) is 6.92 Å². The Balaban J connectivity index is 2.50. The van der Waals surface area contributed by atoms with E-state index in [1.165, 1.54) is 6.92 Å². The number of carboxylic acid groups (broad SMARTS) is 1. The van der Waals surface area contributed by atoms with Gasteiger partial charge < -0.3 is 9.63 Å². The first-order chi connectivity index (χ1) is 9.72. The third-order valence-corrected chi connectivity index (χ3v) is 4.49. The molecule has 1 aromatic carbocycles. The number of nitrogens with one attached hydrogen (secondary N) is 1. The van der Waals surface area contributed by atoms with Crippen LogP contribution >= 0.6 is 23.2 Å². The van der Waals surface area contributed by atoms with Crippen LogP contribution in [-0.2, 0) is 10.0 Å². The fraction of sp³-hybridized carbons (Fsp3) is 0.100. The standard InChI is InChI=1S/C10H7Cl2N3O5S/c1-4-13-10(20-14-4)15-21(18,19)6-3-2-5(11)7(8(6)12)9(16)17/h2-3H,1H3,(H,16,17)(H,13,14,15). The van der Waals surface area contributed by atoms with E-state index in [0.29, 0.717) is 0 Å². The summed E-state index contributed by atoms with van der Waals surface area (Å²) in [6.07, 6.45) is 0. The Hall–Kier alpha value is -1.84. The maximum atomic E-state index is 12.2. The maximum Gasteiger partial charge on any atom is 0.338 e. The Kier molecular flexibility index (Phi) is 4.08. The molecule has 2 rings (SSSR count). The van der Waals surface area contributed by atoms with Gasteiger partial charge in [0, 0.05) is 0 Å². The number of halogens is 2. The van der Waals surface area contributed by atoms with Gasteiger partial charge in [0.15, 0.2) is 5.82 Å². The van der Waals surface area contributed by atoms with Crippen molar-refractivity contribution in [3.8, 4) is 0 Å². The van der Waals surface area contributed by atoms with Crippen LogP contribution in [0.5, 0.6) is 0 Å². The summed E-state index contributed by atoms with van der Waals surface area (Å²) in [6, 6.07) is 1.82. The van der Waals surface area contributed by atoms with Crippen molar-refractivity contribution in [2.24, 2.45) is 0 Å². The lowest BCUT2D eigenvalue weighted by Crippen LogP contribution is -2.15. The molecule has 0 unspecified atom stereocenters. The van der Waals surface area contributed by atoms with E-state index in [-0.39, 0.29) is 16.9 Å². The summed E-state index contributed by atoms with van der Waals surface area (Å²) in [6.45, 7) is 1.50. The van der Waals surface area contributed by atoms with Gasteiger partial charge in [0.05, 0.1) is 15.6 Å². The van der Waals surface area contributed by atoms with E-state index in [9.17, 15) is 13.2 Å². The lowest BCUT2D eigenvalue weighted by molar-refractivity contribution is 0.0697. The highest BCUT2D eigenvalue weighted by atomic mass is 35.5. The average Bonchev–Trinajstić information content (AvgIpc) is 2.72. The van der Waals surface area contributed by atoms with E-state index in [1.54, 1.807) is 0 Å². The minimum Gasteiger partial charge on any atom is -0.478 e. The molecule has 21 heavy (non-hydrogen) atoms. The molecule has 2 aromatic rings. The number of carbonyl (C=O) groups is 1. The Morgan fingerprint density at radius 3 is 2.57 bits per heavy atom. The van der Waals surface area contributed by atoms with Gasteiger partial charge in [-0.1, -0.05) is 28.4 Å². The first kappa shape index (κ1) is 15.5. The second-order valence-electron chi connectivity index (χ2n) is 3.79. The van der Waals surface area contributed by atoms with Gasteiger partial charge in [-0.2, -0.15) is 4.98 Å². The molecule has 8 nitrogen and oxygen atoms in total. The maximum absolute atomic E-state index is 12.2. The van der Waals surface area contributed by atoms with Crippen LogP contribution in [0.4, 0.5) is 6.01 Å². The van der Waals surface area contributed by atoms with Crippen molar-refractivity contribution in [1.29, 1.82) is 0 Å². The molecule has 0 bridgehead atoms. The van der Waals surface area contributed by atoms with Gasteiger partial charge in [-0.05, 0) is 19.1 Å². The Morgan fingerprint density at radius 2 is 2.05 bits per heavy atom. The van der Waals surface area contributed by atoms with Crippen molar-refractivity contribution in [3.63, 3.8) is 0 Å². The molecule has 2 N–H and O–H groups in total. The molecule has 1 aromatic heterocycles. The van der Waals surface area contributed by atoms with Crippen molar-refractivity contribution < 1.29 is 22.8 Å². The second kappa shape index (κ2) is 5.51. The van der Waals surface area contributed by atoms with Crippen LogP contribution in [0.15, 0.2) is 21.6 Å². The molecule has 1 heterocycles. The second-order valence-corrected chi connectivity index (χ2v) is 6.23. The molecular weight excluding hydrogens is 345 g/mol. The van der Waals surface area contributed by atoms with Gasteiger partial charge in [-0.25, -0.2) is 17.9 Å². The van der Waals surface area contributed by atoms with E-state index in [2.05, 4.69) is 14.7 Å². The molecule has 112 valence electrons. The predicted molar refractivity (Wildman–Crippen MR) is 73.3 cm³/mol. The summed E-state index contributed by atoms with van der Waals surface area (Å²) in [5.41, 5.74) is -0.511. The summed E-state index contributed by atoms with van der Waals surface area (Å²) in [4.78, 5) is 14.3. The van der Waals surface area contributed by atoms with Crippen LogP contribution in [0.3, 0.4) is 0 Å². The number of rotatable bonds is 4. The summed E-state index contributed by atoms with van der Waals surface area (Å²) in [5, 5.41) is 11.7. The number of benzene rings is 1. The number of hydrogen-bond acceptors (Lipinski definition) is 6. The molecule has 0 saturated carbocycles. The van der Waals surface area contributed by atoms with Crippen LogP contribution in [0.1, 0.15) is 16.2 Å². The number of aryl methyl sites for hydroxylation is 1. The summed E-state index contributed by atoms with van der Waals surface area (Å²) in [7, 11) is -4.20. The van der Waals surface area contributed by atoms with E-state index in [1.807, 2.05) is 4.72 Å². The fourth-order valence-electron chi connectivity index (χ4n) is 1.45. The van der Waals surface area contributed by atoms with Gasteiger partial charge in [0.25, 0.3) is 10.0 Å². The SMILES string of the molecule is Cc1noc(NS(=O)(=O)c2ccc(Cl)c(C(=O)O)c2Cl)n1. The largest absolute Gasteiger partial charge is 0.478 e. The molecule has 0 aliphatic heterocycles. The molecule has 0 amide bonds. The van der Waals surface area contributed by atoms with E-state index < -0.39 is 31.5 Å². The van der Waals surface area contributed by atoms with Crippen molar-refractivity contribution >= 4 is 45.2 Å². The molecule has 0 fully saturated rings. The molecule has 0 radical (unpaired) electrons. The summed E-state index contributed by atoms with van der Waals surface area (Å²) in [5.74, 6) is -1.23. The van der Waals surface area contributed by atoms with E-state index in [0.717, 1.165) is 12.1 Å². The van der Waals surface area contributed by atoms with Gasteiger partial charge in [0.2, 0.25) is 0 Å². The number of carboxylic acids is 1. The predicted octanol–water partition coefficient (Wildman–Crippen LogP) is 2.18. The van der Waals surface area contributed by atoms with Crippen molar-refractivity contribution in [2.45, 2.75) is 11.8 Å². The third-order valence-electron chi connectivity index (χ3n) is 2.31. The Morgan fingerprint density at radius 1 is 1.38 bits per heavy atom. The fourth-order valence-corrected chi connectivity index (χ4v) is 3.29. The van der Waals surface area contributed by atoms with Gasteiger partial charge in [0.1, 0.15) is 4.90 Å². The number of aromatic carboxylic acids is 1. The minimum absolute atomic E-state index is 0.180. The number of sulfonamides is 1. The third kappa shape index (κ3) is 3.09. The van der Waals surface area contributed by atoms with Crippen molar-refractivity contribution in [3.05, 3.63) is 33.6 Å². The highest BCUT2D eigenvalue weighted by Crippen LogP contribution is 2.31. The average molecular weight is 352 g/mol. The van der Waals surface area contributed by atoms with E-state index >= 15 is 0 Å². The van der Waals surface area contributed by atoms with Crippen LogP contribution in [0.2, 0.25) is 10.0 Å². The molecule has 0 aliphatic carbocycles. The molecule has 0 aliphatic rings.